The van der Waals surface area contributed by atoms with Crippen molar-refractivity contribution in [2.45, 2.75) is 19.9 Å². The Morgan fingerprint density at radius 3 is 2.47 bits per heavy atom. The number of primary amides is 1. The molecular formula is C10H16N4O3. The number of aliphatic hydroxyl groups excluding tert-OH is 1. The van der Waals surface area contributed by atoms with Gasteiger partial charge in [0.15, 0.2) is 0 Å². The fourth-order valence-corrected chi connectivity index (χ4v) is 1.54. The lowest BCUT2D eigenvalue weighted by atomic mass is 10.1. The van der Waals surface area contributed by atoms with Crippen LogP contribution in [0.2, 0.25) is 0 Å². The van der Waals surface area contributed by atoms with Gasteiger partial charge in [-0.25, -0.2) is 0 Å². The van der Waals surface area contributed by atoms with Gasteiger partial charge in [0.2, 0.25) is 5.91 Å². The van der Waals surface area contributed by atoms with Crippen molar-refractivity contribution in [3.63, 3.8) is 0 Å². The van der Waals surface area contributed by atoms with E-state index in [1.54, 1.807) is 25.6 Å². The molecule has 2 amide bonds. The molecule has 0 saturated heterocycles. The van der Waals surface area contributed by atoms with Gasteiger partial charge in [-0.05, 0) is 13.8 Å². The van der Waals surface area contributed by atoms with Crippen LogP contribution in [0.5, 0.6) is 0 Å². The number of nitrogens with one attached hydrogen (secondary N) is 1. The minimum Gasteiger partial charge on any atom is -0.394 e. The molecule has 0 spiro atoms. The minimum atomic E-state index is -1.08. The van der Waals surface area contributed by atoms with Crippen LogP contribution in [0.4, 0.5) is 0 Å². The van der Waals surface area contributed by atoms with Crippen molar-refractivity contribution < 1.29 is 14.7 Å². The molecule has 1 heterocycles. The number of hydrogen-bond acceptors (Lipinski definition) is 4. The Morgan fingerprint density at radius 2 is 2.12 bits per heavy atom. The molecule has 1 rings (SSSR count). The van der Waals surface area contributed by atoms with Crippen molar-refractivity contribution in [2.75, 3.05) is 6.61 Å². The van der Waals surface area contributed by atoms with Crippen LogP contribution in [0.25, 0.3) is 0 Å². The van der Waals surface area contributed by atoms with E-state index in [2.05, 4.69) is 10.4 Å². The van der Waals surface area contributed by atoms with Crippen LogP contribution >= 0.6 is 0 Å². The number of carbonyl (C=O) groups is 2. The number of nitrogens with zero attached hydrogens (tertiary/aromatic N) is 2. The van der Waals surface area contributed by atoms with E-state index in [0.717, 1.165) is 0 Å². The second-order valence-electron chi connectivity index (χ2n) is 3.78. The Labute approximate surface area is 98.6 Å². The number of aliphatic hydroxyl groups is 1. The van der Waals surface area contributed by atoms with Gasteiger partial charge < -0.3 is 16.2 Å². The molecule has 7 nitrogen and oxygen atoms in total. The molecule has 1 aromatic heterocycles. The van der Waals surface area contributed by atoms with Crippen LogP contribution in [-0.4, -0.2) is 39.4 Å². The van der Waals surface area contributed by atoms with Gasteiger partial charge in [0.1, 0.15) is 6.04 Å². The van der Waals surface area contributed by atoms with E-state index in [4.69, 9.17) is 10.8 Å². The van der Waals surface area contributed by atoms with Gasteiger partial charge in [-0.15, -0.1) is 0 Å². The van der Waals surface area contributed by atoms with Crippen molar-refractivity contribution in [2.24, 2.45) is 12.8 Å². The average Bonchev–Trinajstić information content (AvgIpc) is 2.49. The van der Waals surface area contributed by atoms with Gasteiger partial charge in [-0.2, -0.15) is 5.10 Å². The maximum absolute atomic E-state index is 11.9. The molecule has 0 aliphatic carbocycles. The normalized spacial score (nSPS) is 12.2. The summed E-state index contributed by atoms with van der Waals surface area (Å²) in [4.78, 5) is 22.8. The Morgan fingerprint density at radius 1 is 1.53 bits per heavy atom. The summed E-state index contributed by atoms with van der Waals surface area (Å²) in [7, 11) is 1.72. The predicted molar refractivity (Wildman–Crippen MR) is 60.2 cm³/mol. The van der Waals surface area contributed by atoms with Crippen LogP contribution in [0.15, 0.2) is 0 Å². The third kappa shape index (κ3) is 2.62. The Bertz CT molecular complexity index is 453. The highest BCUT2D eigenvalue weighted by atomic mass is 16.3. The SMILES string of the molecule is Cc1nn(C)c(C)c1C(=O)N[C@H](CO)C(N)=O. The molecule has 0 fully saturated rings. The van der Waals surface area contributed by atoms with Crippen molar-refractivity contribution in [1.29, 1.82) is 0 Å². The standard InChI is InChI=1S/C10H16N4O3/c1-5-8(6(2)14(3)13-5)10(17)12-7(4-15)9(11)16/h7,15H,4H2,1-3H3,(H2,11,16)(H,12,17)/t7-/m1/s1. The molecule has 17 heavy (non-hydrogen) atoms. The molecule has 0 aliphatic rings. The molecule has 94 valence electrons. The maximum atomic E-state index is 11.9. The highest BCUT2D eigenvalue weighted by Crippen LogP contribution is 2.11. The first kappa shape index (κ1) is 13.2. The number of amides is 2. The van der Waals surface area contributed by atoms with E-state index >= 15 is 0 Å². The lowest BCUT2D eigenvalue weighted by Gasteiger charge is -2.12. The summed E-state index contributed by atoms with van der Waals surface area (Å²) < 4.78 is 1.57. The molecule has 0 aliphatic heterocycles. The zero-order chi connectivity index (χ0) is 13.2. The zero-order valence-electron chi connectivity index (χ0n) is 10.0. The Kier molecular flexibility index (Phi) is 3.84. The molecule has 1 atom stereocenters. The van der Waals surface area contributed by atoms with Crippen molar-refractivity contribution in [3.8, 4) is 0 Å². The number of nitrogens with two attached hydrogens (primary N) is 1. The lowest BCUT2D eigenvalue weighted by molar-refractivity contribution is -0.120. The molecule has 1 aromatic rings. The van der Waals surface area contributed by atoms with Crippen LogP contribution < -0.4 is 11.1 Å². The Hall–Kier alpha value is -1.89. The summed E-state index contributed by atoms with van der Waals surface area (Å²) in [5, 5.41) is 15.3. The minimum absolute atomic E-state index is 0.396. The van der Waals surface area contributed by atoms with Crippen LogP contribution in [0.1, 0.15) is 21.7 Å². The quantitative estimate of drug-likeness (QED) is 0.602. The van der Waals surface area contributed by atoms with Crippen molar-refractivity contribution in [1.82, 2.24) is 15.1 Å². The zero-order valence-corrected chi connectivity index (χ0v) is 10.0. The third-order valence-electron chi connectivity index (χ3n) is 2.57. The van der Waals surface area contributed by atoms with Gasteiger partial charge in [0.25, 0.3) is 5.91 Å². The molecule has 0 saturated carbocycles. The summed E-state index contributed by atoms with van der Waals surface area (Å²) in [5.74, 6) is -1.24. The number of rotatable bonds is 4. The van der Waals surface area contributed by atoms with Gasteiger partial charge in [-0.1, -0.05) is 0 Å². The van der Waals surface area contributed by atoms with Crippen LogP contribution in [-0.2, 0) is 11.8 Å². The van der Waals surface area contributed by atoms with Crippen LogP contribution in [0, 0.1) is 13.8 Å². The van der Waals surface area contributed by atoms with Crippen molar-refractivity contribution >= 4 is 11.8 Å². The molecular weight excluding hydrogens is 224 g/mol. The maximum Gasteiger partial charge on any atom is 0.255 e. The summed E-state index contributed by atoms with van der Waals surface area (Å²) >= 11 is 0. The number of aryl methyl sites for hydroxylation is 2. The molecule has 0 unspecified atom stereocenters. The first-order chi connectivity index (χ1) is 7.88. The molecule has 0 radical (unpaired) electrons. The summed E-state index contributed by atoms with van der Waals surface area (Å²) in [6.07, 6.45) is 0. The van der Waals surface area contributed by atoms with Gasteiger partial charge >= 0.3 is 0 Å². The van der Waals surface area contributed by atoms with E-state index < -0.39 is 24.5 Å². The summed E-state index contributed by atoms with van der Waals surface area (Å²) in [6.45, 7) is 2.91. The average molecular weight is 240 g/mol. The Balaban J connectivity index is 2.94. The number of hydrogen-bond donors (Lipinski definition) is 3. The van der Waals surface area contributed by atoms with E-state index in [-0.39, 0.29) is 0 Å². The smallest absolute Gasteiger partial charge is 0.255 e. The van der Waals surface area contributed by atoms with Gasteiger partial charge in [0.05, 0.1) is 17.9 Å². The van der Waals surface area contributed by atoms with Gasteiger partial charge in [-0.3, -0.25) is 14.3 Å². The topological polar surface area (TPSA) is 110 Å². The summed E-state index contributed by atoms with van der Waals surface area (Å²) in [5.41, 5.74) is 6.66. The third-order valence-corrected chi connectivity index (χ3v) is 2.57. The first-order valence-electron chi connectivity index (χ1n) is 5.09. The van der Waals surface area contributed by atoms with E-state index in [1.165, 1.54) is 0 Å². The molecule has 4 N–H and O–H groups in total. The second-order valence-corrected chi connectivity index (χ2v) is 3.78. The number of aromatic nitrogens is 2. The van der Waals surface area contributed by atoms with E-state index in [1.807, 2.05) is 0 Å². The van der Waals surface area contributed by atoms with Crippen molar-refractivity contribution in [3.05, 3.63) is 17.0 Å². The lowest BCUT2D eigenvalue weighted by Crippen LogP contribution is -2.47. The predicted octanol–water partition coefficient (Wildman–Crippen LogP) is -1.39. The second kappa shape index (κ2) is 4.96. The molecule has 0 aromatic carbocycles. The van der Waals surface area contributed by atoms with E-state index in [9.17, 15) is 9.59 Å². The highest BCUT2D eigenvalue weighted by Gasteiger charge is 2.22. The number of carbonyl (C=O) groups excluding carboxylic acids is 2. The largest absolute Gasteiger partial charge is 0.394 e. The fraction of sp³-hybridized carbons (Fsp3) is 0.500. The highest BCUT2D eigenvalue weighted by molar-refractivity contribution is 5.99. The first-order valence-corrected chi connectivity index (χ1v) is 5.09. The van der Waals surface area contributed by atoms with E-state index in [0.29, 0.717) is 17.0 Å². The monoisotopic (exact) mass is 240 g/mol. The summed E-state index contributed by atoms with van der Waals surface area (Å²) in [6, 6.07) is -1.08. The van der Waals surface area contributed by atoms with Gasteiger partial charge in [0, 0.05) is 12.7 Å². The van der Waals surface area contributed by atoms with Crippen LogP contribution in [0.3, 0.4) is 0 Å². The fourth-order valence-electron chi connectivity index (χ4n) is 1.54. The molecule has 0 bridgehead atoms. The molecule has 7 heteroatoms.